The van der Waals surface area contributed by atoms with Gasteiger partial charge in [-0.25, -0.2) is 0 Å². The minimum atomic E-state index is 0.886. The Balaban J connectivity index is 1.76. The van der Waals surface area contributed by atoms with Crippen LogP contribution in [0.25, 0.3) is 0 Å². The summed E-state index contributed by atoms with van der Waals surface area (Å²) in [5.74, 6) is 7.44. The molecule has 0 radical (unpaired) electrons. The van der Waals surface area contributed by atoms with Crippen LogP contribution in [-0.4, -0.2) is 0 Å². The molecule has 0 aliphatic heterocycles. The van der Waals surface area contributed by atoms with Crippen LogP contribution >= 0.6 is 15.9 Å². The van der Waals surface area contributed by atoms with E-state index < -0.39 is 0 Å². The molecule has 1 aliphatic carbocycles. The molecule has 112 valence electrons. The molecule has 2 aromatic carbocycles. The summed E-state index contributed by atoms with van der Waals surface area (Å²) >= 11 is 3.45. The van der Waals surface area contributed by atoms with Crippen molar-refractivity contribution in [2.75, 3.05) is 0 Å². The summed E-state index contributed by atoms with van der Waals surface area (Å²) in [6.45, 7) is 2.29. The number of halogens is 1. The highest BCUT2D eigenvalue weighted by molar-refractivity contribution is 9.10. The van der Waals surface area contributed by atoms with E-state index in [1.807, 2.05) is 24.3 Å². The minimum absolute atomic E-state index is 0.886. The van der Waals surface area contributed by atoms with Gasteiger partial charge in [-0.15, -0.1) is 0 Å². The molecule has 3 rings (SSSR count). The quantitative estimate of drug-likeness (QED) is 0.603. The van der Waals surface area contributed by atoms with Gasteiger partial charge in [-0.05, 0) is 72.7 Å². The highest BCUT2D eigenvalue weighted by Gasteiger charge is 2.17. The molecular weight excluding hydrogens is 332 g/mol. The number of hydrogen-bond acceptors (Lipinski definition) is 0. The summed E-state index contributed by atoms with van der Waals surface area (Å²) < 4.78 is 1.09. The number of benzene rings is 2. The van der Waals surface area contributed by atoms with Gasteiger partial charge in [0.15, 0.2) is 0 Å². The van der Waals surface area contributed by atoms with E-state index in [0.29, 0.717) is 0 Å². The van der Waals surface area contributed by atoms with Gasteiger partial charge in [0.05, 0.1) is 0 Å². The maximum atomic E-state index is 3.45. The Morgan fingerprint density at radius 3 is 2.50 bits per heavy atom. The van der Waals surface area contributed by atoms with Gasteiger partial charge in [0.25, 0.3) is 0 Å². The second kappa shape index (κ2) is 7.16. The molecule has 2 aromatic rings. The maximum absolute atomic E-state index is 3.45. The summed E-state index contributed by atoms with van der Waals surface area (Å²) in [5, 5.41) is 0. The molecule has 1 atom stereocenters. The van der Waals surface area contributed by atoms with Crippen molar-refractivity contribution in [2.24, 2.45) is 5.92 Å². The molecule has 0 spiro atoms. The lowest BCUT2D eigenvalue weighted by molar-refractivity contribution is 0.423. The fourth-order valence-electron chi connectivity index (χ4n) is 3.24. The van der Waals surface area contributed by atoms with Gasteiger partial charge < -0.3 is 0 Å². The molecule has 1 aliphatic rings. The second-order valence-corrected chi connectivity index (χ2v) is 7.05. The fourth-order valence-corrected chi connectivity index (χ4v) is 3.50. The zero-order valence-electron chi connectivity index (χ0n) is 13.0. The molecule has 1 unspecified atom stereocenters. The normalized spacial score (nSPS) is 16.5. The van der Waals surface area contributed by atoms with Gasteiger partial charge in [-0.3, -0.25) is 0 Å². The molecule has 0 nitrogen and oxygen atoms in total. The van der Waals surface area contributed by atoms with E-state index in [-0.39, 0.29) is 0 Å². The van der Waals surface area contributed by atoms with Gasteiger partial charge >= 0.3 is 0 Å². The van der Waals surface area contributed by atoms with Crippen LogP contribution in [0.15, 0.2) is 46.9 Å². The Kier molecular flexibility index (Phi) is 5.01. The SMILES string of the molecule is CCCC1CCc2cc(C#Cc3ccc(Br)cc3)ccc2C1. The van der Waals surface area contributed by atoms with Crippen LogP contribution in [-0.2, 0) is 12.8 Å². The highest BCUT2D eigenvalue weighted by Crippen LogP contribution is 2.28. The molecule has 0 aromatic heterocycles. The lowest BCUT2D eigenvalue weighted by atomic mass is 9.81. The molecular formula is C21H21Br. The number of fused-ring (bicyclic) bond motifs is 1. The maximum Gasteiger partial charge on any atom is 0.0251 e. The van der Waals surface area contributed by atoms with Gasteiger partial charge in [0.1, 0.15) is 0 Å². The van der Waals surface area contributed by atoms with Crippen molar-refractivity contribution in [2.45, 2.75) is 39.0 Å². The van der Waals surface area contributed by atoms with Crippen LogP contribution in [0.4, 0.5) is 0 Å². The van der Waals surface area contributed by atoms with Crippen LogP contribution in [0, 0.1) is 17.8 Å². The predicted molar refractivity (Wildman–Crippen MR) is 97.0 cm³/mol. The van der Waals surface area contributed by atoms with E-state index in [4.69, 9.17) is 0 Å². The molecule has 22 heavy (non-hydrogen) atoms. The van der Waals surface area contributed by atoms with E-state index in [0.717, 1.165) is 21.5 Å². The smallest absolute Gasteiger partial charge is 0.0251 e. The third-order valence-electron chi connectivity index (χ3n) is 4.43. The van der Waals surface area contributed by atoms with Crippen molar-refractivity contribution in [1.29, 1.82) is 0 Å². The van der Waals surface area contributed by atoms with E-state index in [9.17, 15) is 0 Å². The molecule has 0 fully saturated rings. The summed E-state index contributed by atoms with van der Waals surface area (Å²) in [7, 11) is 0. The van der Waals surface area contributed by atoms with Gasteiger partial charge in [-0.1, -0.05) is 53.6 Å². The predicted octanol–water partition coefficient (Wildman–Crippen LogP) is 5.75. The van der Waals surface area contributed by atoms with Gasteiger partial charge in [0, 0.05) is 15.6 Å². The van der Waals surface area contributed by atoms with Gasteiger partial charge in [0.2, 0.25) is 0 Å². The lowest BCUT2D eigenvalue weighted by Gasteiger charge is -2.24. The summed E-state index contributed by atoms with van der Waals surface area (Å²) in [6.07, 6.45) is 6.48. The Morgan fingerprint density at radius 1 is 1.00 bits per heavy atom. The third-order valence-corrected chi connectivity index (χ3v) is 4.96. The van der Waals surface area contributed by atoms with Crippen LogP contribution in [0.2, 0.25) is 0 Å². The molecule has 0 saturated carbocycles. The van der Waals surface area contributed by atoms with Crippen molar-refractivity contribution >= 4 is 15.9 Å². The van der Waals surface area contributed by atoms with Crippen molar-refractivity contribution in [3.63, 3.8) is 0 Å². The van der Waals surface area contributed by atoms with Crippen LogP contribution < -0.4 is 0 Å². The largest absolute Gasteiger partial charge is 0.0654 e. The first kappa shape index (κ1) is 15.4. The molecule has 0 saturated heterocycles. The van der Waals surface area contributed by atoms with E-state index >= 15 is 0 Å². The van der Waals surface area contributed by atoms with Gasteiger partial charge in [-0.2, -0.15) is 0 Å². The first-order valence-electron chi connectivity index (χ1n) is 8.14. The zero-order chi connectivity index (χ0) is 15.4. The highest BCUT2D eigenvalue weighted by atomic mass is 79.9. The monoisotopic (exact) mass is 352 g/mol. The average molecular weight is 353 g/mol. The van der Waals surface area contributed by atoms with Crippen molar-refractivity contribution < 1.29 is 0 Å². The van der Waals surface area contributed by atoms with E-state index in [1.54, 1.807) is 5.56 Å². The fraction of sp³-hybridized carbons (Fsp3) is 0.333. The first-order valence-corrected chi connectivity index (χ1v) is 8.93. The molecule has 0 amide bonds. The average Bonchev–Trinajstić information content (AvgIpc) is 2.54. The number of hydrogen-bond donors (Lipinski definition) is 0. The Bertz CT molecular complexity index is 701. The Labute approximate surface area is 142 Å². The minimum Gasteiger partial charge on any atom is -0.0654 e. The van der Waals surface area contributed by atoms with E-state index in [2.05, 4.69) is 52.9 Å². The number of aryl methyl sites for hydroxylation is 1. The number of rotatable bonds is 2. The van der Waals surface area contributed by atoms with Crippen LogP contribution in [0.3, 0.4) is 0 Å². The summed E-state index contributed by atoms with van der Waals surface area (Å²) in [4.78, 5) is 0. The van der Waals surface area contributed by atoms with E-state index in [1.165, 1.54) is 37.7 Å². The van der Waals surface area contributed by atoms with Crippen molar-refractivity contribution in [3.8, 4) is 11.8 Å². The third kappa shape index (κ3) is 3.81. The lowest BCUT2D eigenvalue weighted by Crippen LogP contribution is -2.14. The topological polar surface area (TPSA) is 0 Å². The second-order valence-electron chi connectivity index (χ2n) is 6.14. The van der Waals surface area contributed by atoms with Crippen LogP contribution in [0.5, 0.6) is 0 Å². The summed E-state index contributed by atoms with van der Waals surface area (Å²) in [5.41, 5.74) is 5.24. The van der Waals surface area contributed by atoms with Crippen molar-refractivity contribution in [3.05, 3.63) is 69.2 Å². The van der Waals surface area contributed by atoms with Crippen molar-refractivity contribution in [1.82, 2.24) is 0 Å². The summed E-state index contributed by atoms with van der Waals surface area (Å²) in [6, 6.07) is 14.9. The standard InChI is InChI=1S/C21H21Br/c1-2-3-17-6-10-20-15-18(7-11-19(20)14-17)5-4-16-8-12-21(22)13-9-16/h7-9,11-13,15,17H,2-3,6,10,14H2,1H3. The zero-order valence-corrected chi connectivity index (χ0v) is 14.6. The molecule has 0 bridgehead atoms. The molecule has 0 heterocycles. The molecule has 0 N–H and O–H groups in total. The Morgan fingerprint density at radius 2 is 1.73 bits per heavy atom. The molecule has 1 heteroatoms. The Hall–Kier alpha value is -1.52. The first-order chi connectivity index (χ1) is 10.7. The van der Waals surface area contributed by atoms with Crippen LogP contribution in [0.1, 0.15) is 48.4 Å².